The lowest BCUT2D eigenvalue weighted by Crippen LogP contribution is -1.95. The lowest BCUT2D eigenvalue weighted by Gasteiger charge is -2.21. The van der Waals surface area contributed by atoms with Gasteiger partial charge in [-0.15, -0.1) is 0 Å². The van der Waals surface area contributed by atoms with Crippen molar-refractivity contribution in [3.63, 3.8) is 0 Å². The van der Waals surface area contributed by atoms with E-state index in [1.807, 2.05) is 12.2 Å². The fourth-order valence-corrected chi connectivity index (χ4v) is 7.13. The van der Waals surface area contributed by atoms with Gasteiger partial charge in [0.1, 0.15) is 0 Å². The second kappa shape index (κ2) is 11.5. The molecular weight excluding hydrogens is 553 g/mol. The topological polar surface area (TPSA) is 0 Å². The zero-order valence-corrected chi connectivity index (χ0v) is 25.6. The van der Waals surface area contributed by atoms with Crippen LogP contribution in [0.25, 0.3) is 89.0 Å². The van der Waals surface area contributed by atoms with E-state index in [0.29, 0.717) is 0 Å². The number of fused-ring (bicyclic) bond motifs is 3. The van der Waals surface area contributed by atoms with Gasteiger partial charge in [0.2, 0.25) is 0 Å². The summed E-state index contributed by atoms with van der Waals surface area (Å²) in [5.74, 6) is 0. The summed E-state index contributed by atoms with van der Waals surface area (Å²) in [7, 11) is 0. The molecule has 0 saturated heterocycles. The quantitative estimate of drug-likeness (QED) is 0.171. The van der Waals surface area contributed by atoms with Crippen LogP contribution < -0.4 is 0 Å². The zero-order valence-electron chi connectivity index (χ0n) is 25.6. The van der Waals surface area contributed by atoms with Crippen LogP contribution in [0.4, 0.5) is 0 Å². The molecule has 216 valence electrons. The molecule has 46 heavy (non-hydrogen) atoms. The normalized spacial score (nSPS) is 11.2. The second-order valence-electron chi connectivity index (χ2n) is 11.8. The monoisotopic (exact) mass is 584 g/mol. The molecule has 0 aliphatic heterocycles. The average molecular weight is 585 g/mol. The first-order chi connectivity index (χ1) is 22.7. The smallest absolute Gasteiger partial charge is 0.00199 e. The molecule has 0 aliphatic carbocycles. The van der Waals surface area contributed by atoms with Gasteiger partial charge < -0.3 is 0 Å². The van der Waals surface area contributed by atoms with E-state index in [2.05, 4.69) is 171 Å². The van der Waals surface area contributed by atoms with Crippen LogP contribution in [-0.2, 0) is 0 Å². The molecule has 0 radical (unpaired) electrons. The molecule has 8 aromatic rings. The molecule has 0 spiro atoms. The van der Waals surface area contributed by atoms with Crippen LogP contribution in [0.2, 0.25) is 0 Å². The van der Waals surface area contributed by atoms with Crippen molar-refractivity contribution in [2.24, 2.45) is 0 Å². The van der Waals surface area contributed by atoms with E-state index in [1.54, 1.807) is 0 Å². The maximum atomic E-state index is 4.29. The summed E-state index contributed by atoms with van der Waals surface area (Å²) >= 11 is 0. The van der Waals surface area contributed by atoms with Crippen molar-refractivity contribution >= 4 is 44.5 Å². The minimum absolute atomic E-state index is 1.11. The third-order valence-corrected chi connectivity index (χ3v) is 9.18. The van der Waals surface area contributed by atoms with E-state index < -0.39 is 0 Å². The Balaban J connectivity index is 1.50. The maximum absolute atomic E-state index is 4.29. The third kappa shape index (κ3) is 4.55. The second-order valence-corrected chi connectivity index (χ2v) is 11.8. The summed E-state index contributed by atoms with van der Waals surface area (Å²) in [5.41, 5.74) is 11.9. The molecule has 0 heterocycles. The van der Waals surface area contributed by atoms with Gasteiger partial charge in [0.15, 0.2) is 0 Å². The Hall–Kier alpha value is -5.98. The zero-order chi connectivity index (χ0) is 31.0. The van der Waals surface area contributed by atoms with E-state index in [4.69, 9.17) is 0 Å². The Morgan fingerprint density at radius 2 is 0.739 bits per heavy atom. The summed E-state index contributed by atoms with van der Waals surface area (Å²) in [6.07, 6.45) is 3.97. The summed E-state index contributed by atoms with van der Waals surface area (Å²) in [5, 5.41) is 7.27. The summed E-state index contributed by atoms with van der Waals surface area (Å²) < 4.78 is 0. The summed E-state index contributed by atoms with van der Waals surface area (Å²) in [4.78, 5) is 0. The molecule has 0 unspecified atom stereocenters. The number of hydrogen-bond acceptors (Lipinski definition) is 0. The van der Waals surface area contributed by atoms with E-state index in [1.165, 1.54) is 76.8 Å². The van der Waals surface area contributed by atoms with Crippen molar-refractivity contribution in [3.05, 3.63) is 182 Å². The van der Waals surface area contributed by atoms with Gasteiger partial charge in [-0.1, -0.05) is 159 Å². The van der Waals surface area contributed by atoms with Gasteiger partial charge in [-0.25, -0.2) is 0 Å². The minimum atomic E-state index is 1.11. The number of hydrogen-bond donors (Lipinski definition) is 0. The van der Waals surface area contributed by atoms with Gasteiger partial charge in [0, 0.05) is 0 Å². The Morgan fingerprint density at radius 1 is 0.326 bits per heavy atom. The molecule has 8 aromatic carbocycles. The first-order valence-corrected chi connectivity index (χ1v) is 15.8. The standard InChI is InChI=1S/C46H32/c1-3-37-38(4-2)44(30-33-21-11-12-22-39(33)37)46-42-25-15-13-23-40(42)45(41-24-14-16-26-43(41)46)36-28-34(31-17-7-5-8-18-31)27-35(29-36)32-19-9-6-10-20-32/h3-30H,1-2H2. The van der Waals surface area contributed by atoms with Gasteiger partial charge in [0.25, 0.3) is 0 Å². The predicted octanol–water partition coefficient (Wildman–Crippen LogP) is 13.1. The lowest BCUT2D eigenvalue weighted by atomic mass is 9.82. The fourth-order valence-electron chi connectivity index (χ4n) is 7.13. The van der Waals surface area contributed by atoms with Crippen LogP contribution in [-0.4, -0.2) is 0 Å². The Labute approximate surface area is 270 Å². The molecule has 0 aromatic heterocycles. The van der Waals surface area contributed by atoms with Gasteiger partial charge >= 0.3 is 0 Å². The average Bonchev–Trinajstić information content (AvgIpc) is 3.13. The first kappa shape index (κ1) is 27.6. The van der Waals surface area contributed by atoms with Crippen molar-refractivity contribution in [3.8, 4) is 44.5 Å². The molecule has 8 rings (SSSR count). The molecule has 0 saturated carbocycles. The lowest BCUT2D eigenvalue weighted by molar-refractivity contribution is 1.58. The Bertz CT molecular complexity index is 2310. The number of rotatable bonds is 6. The molecule has 0 fully saturated rings. The largest absolute Gasteiger partial charge is 0.0984 e. The highest BCUT2D eigenvalue weighted by molar-refractivity contribution is 6.23. The minimum Gasteiger partial charge on any atom is -0.0984 e. The molecule has 0 aliphatic rings. The van der Waals surface area contributed by atoms with E-state index in [9.17, 15) is 0 Å². The predicted molar refractivity (Wildman–Crippen MR) is 201 cm³/mol. The number of benzene rings is 8. The van der Waals surface area contributed by atoms with Crippen molar-refractivity contribution in [1.82, 2.24) is 0 Å². The van der Waals surface area contributed by atoms with Crippen molar-refractivity contribution < 1.29 is 0 Å². The third-order valence-electron chi connectivity index (χ3n) is 9.18. The first-order valence-electron chi connectivity index (χ1n) is 15.8. The Kier molecular flexibility index (Phi) is 6.89. The van der Waals surface area contributed by atoms with Crippen molar-refractivity contribution in [1.29, 1.82) is 0 Å². The molecule has 0 N–H and O–H groups in total. The molecule has 0 heteroatoms. The molecule has 0 nitrogen and oxygen atoms in total. The fraction of sp³-hybridized carbons (Fsp3) is 0. The van der Waals surface area contributed by atoms with E-state index in [0.717, 1.165) is 11.1 Å². The SMILES string of the molecule is C=Cc1c(-c2c3ccccc3c(-c3cc(-c4ccccc4)cc(-c4ccccc4)c3)c3ccccc23)cc2ccccc2c1C=C. The van der Waals surface area contributed by atoms with Crippen LogP contribution in [0.5, 0.6) is 0 Å². The van der Waals surface area contributed by atoms with E-state index >= 15 is 0 Å². The van der Waals surface area contributed by atoms with Crippen LogP contribution in [0.15, 0.2) is 171 Å². The molecule has 0 atom stereocenters. The van der Waals surface area contributed by atoms with Crippen LogP contribution in [0.3, 0.4) is 0 Å². The van der Waals surface area contributed by atoms with Crippen LogP contribution >= 0.6 is 0 Å². The van der Waals surface area contributed by atoms with Gasteiger partial charge in [0.05, 0.1) is 0 Å². The summed E-state index contributed by atoms with van der Waals surface area (Å²) in [6.45, 7) is 8.51. The summed E-state index contributed by atoms with van der Waals surface area (Å²) in [6, 6.07) is 57.0. The highest BCUT2D eigenvalue weighted by Gasteiger charge is 2.20. The maximum Gasteiger partial charge on any atom is -0.00199 e. The molecule has 0 bridgehead atoms. The van der Waals surface area contributed by atoms with Crippen LogP contribution in [0.1, 0.15) is 11.1 Å². The highest BCUT2D eigenvalue weighted by Crippen LogP contribution is 2.47. The van der Waals surface area contributed by atoms with Crippen molar-refractivity contribution in [2.75, 3.05) is 0 Å². The van der Waals surface area contributed by atoms with Gasteiger partial charge in [-0.2, -0.15) is 0 Å². The molecular formula is C46H32. The van der Waals surface area contributed by atoms with Gasteiger partial charge in [-0.05, 0) is 112 Å². The molecule has 0 amide bonds. The Morgan fingerprint density at radius 3 is 1.24 bits per heavy atom. The van der Waals surface area contributed by atoms with E-state index in [-0.39, 0.29) is 0 Å². The highest BCUT2D eigenvalue weighted by atomic mass is 14.2. The van der Waals surface area contributed by atoms with Gasteiger partial charge in [-0.3, -0.25) is 0 Å². The van der Waals surface area contributed by atoms with Crippen molar-refractivity contribution in [2.45, 2.75) is 0 Å². The van der Waals surface area contributed by atoms with Crippen LogP contribution in [0, 0.1) is 0 Å².